The Bertz CT molecular complexity index is 1030. The maximum absolute atomic E-state index is 12.4. The third-order valence-electron chi connectivity index (χ3n) is 7.40. The van der Waals surface area contributed by atoms with E-state index in [0.717, 1.165) is 57.6 Å². The summed E-state index contributed by atoms with van der Waals surface area (Å²) in [6.07, 6.45) is 8.65. The van der Waals surface area contributed by atoms with E-state index in [0.29, 0.717) is 29.0 Å². The number of aliphatic imine (C=N–C) groups is 1. The normalized spacial score (nSPS) is 27.2. The molecule has 5 heterocycles. The van der Waals surface area contributed by atoms with Gasteiger partial charge in [-0.15, -0.1) is 11.8 Å². The maximum Gasteiger partial charge on any atom is 0.225 e. The Balaban J connectivity index is 1.19. The van der Waals surface area contributed by atoms with Crippen LogP contribution < -0.4 is 10.2 Å². The lowest BCUT2D eigenvalue weighted by molar-refractivity contribution is -0.132. The van der Waals surface area contributed by atoms with Gasteiger partial charge >= 0.3 is 0 Å². The molecule has 32 heavy (non-hydrogen) atoms. The van der Waals surface area contributed by atoms with Gasteiger partial charge in [0, 0.05) is 50.4 Å². The van der Waals surface area contributed by atoms with Gasteiger partial charge < -0.3 is 15.1 Å². The number of thioether (sulfide) groups is 1. The number of nitrogens with zero attached hydrogens (tertiary/aromatic N) is 5. The molecule has 3 aliphatic heterocycles. The summed E-state index contributed by atoms with van der Waals surface area (Å²) in [5.74, 6) is 1.30. The van der Waals surface area contributed by atoms with E-state index in [1.165, 1.54) is 29.1 Å². The van der Waals surface area contributed by atoms with E-state index in [4.69, 9.17) is 4.99 Å². The predicted molar refractivity (Wildman–Crippen MR) is 130 cm³/mol. The quantitative estimate of drug-likeness (QED) is 0.773. The zero-order valence-corrected chi connectivity index (χ0v) is 19.6. The number of aromatic nitrogens is 2. The molecular formula is C24H32N6OS. The summed E-state index contributed by atoms with van der Waals surface area (Å²) in [7, 11) is 0. The first kappa shape index (κ1) is 20.5. The van der Waals surface area contributed by atoms with Crippen LogP contribution in [0.15, 0.2) is 29.5 Å². The van der Waals surface area contributed by atoms with Crippen molar-refractivity contribution in [3.63, 3.8) is 0 Å². The van der Waals surface area contributed by atoms with Crippen LogP contribution in [0, 0.1) is 11.8 Å². The van der Waals surface area contributed by atoms with Gasteiger partial charge in [0.1, 0.15) is 0 Å². The monoisotopic (exact) mass is 452 g/mol. The van der Waals surface area contributed by atoms with E-state index in [1.807, 2.05) is 22.5 Å². The van der Waals surface area contributed by atoms with Gasteiger partial charge in [-0.05, 0) is 63.4 Å². The van der Waals surface area contributed by atoms with Crippen molar-refractivity contribution in [1.82, 2.24) is 19.8 Å². The molecular weight excluding hydrogens is 420 g/mol. The standard InChI is InChI=1S/C24H32N6OS/c1-16-22(32-23(27-16)17-4-7-25-8-5-17)19-14-21-20(6-9-26-30(21)15-19)28-10-12-29(13-11-28)24(31)18-2-3-18/h6,9,14-18,22,25H,2-5,7-8,10-13H2,1H3. The summed E-state index contributed by atoms with van der Waals surface area (Å²) in [5, 5.41) is 9.78. The smallest absolute Gasteiger partial charge is 0.225 e. The number of rotatable bonds is 4. The van der Waals surface area contributed by atoms with Crippen molar-refractivity contribution < 1.29 is 4.79 Å². The molecule has 3 fully saturated rings. The highest BCUT2D eigenvalue weighted by molar-refractivity contribution is 8.14. The fourth-order valence-corrected chi connectivity index (χ4v) is 6.78. The zero-order chi connectivity index (χ0) is 21.7. The molecule has 2 unspecified atom stereocenters. The maximum atomic E-state index is 12.4. The van der Waals surface area contributed by atoms with Crippen LogP contribution in [0.4, 0.5) is 5.69 Å². The Hall–Kier alpha value is -2.06. The van der Waals surface area contributed by atoms with Gasteiger partial charge in [-0.2, -0.15) is 5.10 Å². The molecule has 4 aliphatic rings. The number of carbonyl (C=O) groups is 1. The fourth-order valence-electron chi connectivity index (χ4n) is 5.34. The van der Waals surface area contributed by atoms with Crippen molar-refractivity contribution in [3.05, 3.63) is 30.1 Å². The minimum atomic E-state index is 0.294. The Morgan fingerprint density at radius 1 is 1.12 bits per heavy atom. The largest absolute Gasteiger partial charge is 0.366 e. The van der Waals surface area contributed by atoms with E-state index in [-0.39, 0.29) is 0 Å². The number of piperidine rings is 1. The van der Waals surface area contributed by atoms with Crippen molar-refractivity contribution in [2.45, 2.75) is 43.9 Å². The van der Waals surface area contributed by atoms with E-state index in [9.17, 15) is 4.79 Å². The lowest BCUT2D eigenvalue weighted by Gasteiger charge is -2.36. The van der Waals surface area contributed by atoms with Crippen LogP contribution >= 0.6 is 11.8 Å². The van der Waals surface area contributed by atoms with Crippen molar-refractivity contribution >= 4 is 33.9 Å². The minimum absolute atomic E-state index is 0.294. The summed E-state index contributed by atoms with van der Waals surface area (Å²) in [6, 6.07) is 4.74. The van der Waals surface area contributed by atoms with Crippen LogP contribution in [0.5, 0.6) is 0 Å². The molecule has 6 rings (SSSR count). The molecule has 0 aromatic carbocycles. The van der Waals surface area contributed by atoms with Crippen LogP contribution in [0.3, 0.4) is 0 Å². The molecule has 2 aromatic heterocycles. The number of anilines is 1. The number of carbonyl (C=O) groups excluding carboxylic acids is 1. The van der Waals surface area contributed by atoms with Gasteiger partial charge in [-0.1, -0.05) is 0 Å². The minimum Gasteiger partial charge on any atom is -0.366 e. The van der Waals surface area contributed by atoms with Crippen molar-refractivity contribution in [3.8, 4) is 0 Å². The van der Waals surface area contributed by atoms with Gasteiger partial charge in [-0.25, -0.2) is 4.52 Å². The molecule has 1 saturated carbocycles. The summed E-state index contributed by atoms with van der Waals surface area (Å²) in [4.78, 5) is 22.0. The van der Waals surface area contributed by atoms with Crippen LogP contribution in [0.25, 0.3) is 5.52 Å². The lowest BCUT2D eigenvalue weighted by atomic mass is 9.99. The summed E-state index contributed by atoms with van der Waals surface area (Å²) >= 11 is 1.97. The van der Waals surface area contributed by atoms with Gasteiger partial charge in [0.05, 0.1) is 27.5 Å². The zero-order valence-electron chi connectivity index (χ0n) is 18.7. The van der Waals surface area contributed by atoms with Gasteiger partial charge in [0.15, 0.2) is 0 Å². The lowest BCUT2D eigenvalue weighted by Crippen LogP contribution is -2.49. The number of fused-ring (bicyclic) bond motifs is 1. The highest BCUT2D eigenvalue weighted by Crippen LogP contribution is 2.44. The second-order valence-electron chi connectivity index (χ2n) is 9.68. The first-order valence-corrected chi connectivity index (χ1v) is 13.0. The van der Waals surface area contributed by atoms with Gasteiger partial charge in [0.25, 0.3) is 0 Å². The number of piperazine rings is 1. The molecule has 0 spiro atoms. The van der Waals surface area contributed by atoms with Crippen LogP contribution in [-0.4, -0.2) is 70.8 Å². The molecule has 170 valence electrons. The Labute approximate surface area is 193 Å². The van der Waals surface area contributed by atoms with Crippen LogP contribution in [0.2, 0.25) is 0 Å². The molecule has 7 nitrogen and oxygen atoms in total. The predicted octanol–water partition coefficient (Wildman–Crippen LogP) is 2.97. The second-order valence-corrected chi connectivity index (χ2v) is 10.8. The average Bonchev–Trinajstić information content (AvgIpc) is 3.48. The van der Waals surface area contributed by atoms with Crippen molar-refractivity contribution in [2.24, 2.45) is 16.8 Å². The van der Waals surface area contributed by atoms with E-state index >= 15 is 0 Å². The number of hydrogen-bond acceptors (Lipinski definition) is 6. The SMILES string of the molecule is CC1N=C(C2CCNCC2)SC1c1cc2c(N3CCN(C(=O)C4CC4)CC3)ccnn2c1. The topological polar surface area (TPSA) is 65.2 Å². The number of amides is 1. The highest BCUT2D eigenvalue weighted by Gasteiger charge is 2.36. The molecule has 1 aliphatic carbocycles. The third kappa shape index (κ3) is 3.81. The number of nitrogens with one attached hydrogen (secondary N) is 1. The van der Waals surface area contributed by atoms with E-state index < -0.39 is 0 Å². The summed E-state index contributed by atoms with van der Waals surface area (Å²) in [5.41, 5.74) is 3.70. The molecule has 2 aromatic rings. The van der Waals surface area contributed by atoms with Crippen molar-refractivity contribution in [1.29, 1.82) is 0 Å². The first-order valence-electron chi connectivity index (χ1n) is 12.1. The molecule has 1 amide bonds. The summed E-state index contributed by atoms with van der Waals surface area (Å²) in [6.45, 7) is 7.87. The molecule has 0 bridgehead atoms. The van der Waals surface area contributed by atoms with Crippen LogP contribution in [-0.2, 0) is 4.79 Å². The first-order chi connectivity index (χ1) is 15.7. The Kier molecular flexibility index (Phi) is 5.38. The summed E-state index contributed by atoms with van der Waals surface area (Å²) < 4.78 is 2.03. The third-order valence-corrected chi connectivity index (χ3v) is 9.00. The van der Waals surface area contributed by atoms with E-state index in [2.05, 4.69) is 45.5 Å². The molecule has 1 N–H and O–H groups in total. The average molecular weight is 453 g/mol. The molecule has 2 saturated heterocycles. The highest BCUT2D eigenvalue weighted by atomic mass is 32.2. The fraction of sp³-hybridized carbons (Fsp3) is 0.625. The van der Waals surface area contributed by atoms with Crippen molar-refractivity contribution in [2.75, 3.05) is 44.2 Å². The molecule has 8 heteroatoms. The number of hydrogen-bond donors (Lipinski definition) is 1. The van der Waals surface area contributed by atoms with Crippen LogP contribution in [0.1, 0.15) is 43.4 Å². The molecule has 0 radical (unpaired) electrons. The van der Waals surface area contributed by atoms with E-state index in [1.54, 1.807) is 0 Å². The Morgan fingerprint density at radius 2 is 1.91 bits per heavy atom. The second kappa shape index (κ2) is 8.37. The molecule has 2 atom stereocenters. The Morgan fingerprint density at radius 3 is 2.66 bits per heavy atom. The van der Waals surface area contributed by atoms with Gasteiger partial charge in [0.2, 0.25) is 5.91 Å². The van der Waals surface area contributed by atoms with Gasteiger partial charge in [-0.3, -0.25) is 9.79 Å².